The topological polar surface area (TPSA) is 26.3 Å². The first-order valence-electron chi connectivity index (χ1n) is 8.38. The van der Waals surface area contributed by atoms with Crippen molar-refractivity contribution < 1.29 is 9.53 Å². The Labute approximate surface area is 123 Å². The molecule has 2 heteroatoms. The van der Waals surface area contributed by atoms with Crippen LogP contribution in [0.5, 0.6) is 0 Å². The van der Waals surface area contributed by atoms with E-state index in [2.05, 4.69) is 20.4 Å². The standard InChI is InChI=1S/C18H28O2/c1-4-6-7-17(3,20-16(19)5-2)18-11-13-8-14(12-18)10-15(18)9-13/h5,13-15H,2,4,6-12H2,1,3H3. The molecule has 4 aliphatic carbocycles. The smallest absolute Gasteiger partial charge is 0.330 e. The van der Waals surface area contributed by atoms with Crippen molar-refractivity contribution in [3.63, 3.8) is 0 Å². The molecule has 0 saturated heterocycles. The molecule has 4 aliphatic rings. The van der Waals surface area contributed by atoms with Crippen LogP contribution in [0.1, 0.15) is 65.2 Å². The normalized spacial score (nSPS) is 40.6. The van der Waals surface area contributed by atoms with E-state index in [1.165, 1.54) is 38.2 Å². The van der Waals surface area contributed by atoms with Crippen LogP contribution < -0.4 is 0 Å². The predicted octanol–water partition coefficient (Wildman–Crippen LogP) is 4.49. The molecule has 0 aromatic rings. The number of hydrogen-bond acceptors (Lipinski definition) is 2. The van der Waals surface area contributed by atoms with Crippen molar-refractivity contribution in [1.29, 1.82) is 0 Å². The maximum Gasteiger partial charge on any atom is 0.330 e. The van der Waals surface area contributed by atoms with Crippen molar-refractivity contribution in [2.45, 2.75) is 70.8 Å². The Bertz CT molecular complexity index is 400. The van der Waals surface area contributed by atoms with E-state index in [0.29, 0.717) is 0 Å². The van der Waals surface area contributed by atoms with Gasteiger partial charge >= 0.3 is 5.97 Å². The van der Waals surface area contributed by atoms with Crippen molar-refractivity contribution in [3.05, 3.63) is 12.7 Å². The minimum atomic E-state index is -0.275. The largest absolute Gasteiger partial charge is 0.456 e. The third kappa shape index (κ3) is 1.95. The van der Waals surface area contributed by atoms with Gasteiger partial charge in [0.25, 0.3) is 0 Å². The fourth-order valence-electron chi connectivity index (χ4n) is 5.84. The third-order valence-electron chi connectivity index (χ3n) is 6.54. The van der Waals surface area contributed by atoms with Crippen LogP contribution in [0.3, 0.4) is 0 Å². The van der Waals surface area contributed by atoms with Crippen LogP contribution in [0.15, 0.2) is 12.7 Å². The summed E-state index contributed by atoms with van der Waals surface area (Å²) in [5.74, 6) is 2.36. The van der Waals surface area contributed by atoms with Crippen molar-refractivity contribution in [2.24, 2.45) is 23.2 Å². The van der Waals surface area contributed by atoms with Crippen LogP contribution >= 0.6 is 0 Å². The SMILES string of the molecule is C=CC(=O)OC(C)(CCCC)C12CC3CC(CC1C3)C2. The molecule has 0 aliphatic heterocycles. The van der Waals surface area contributed by atoms with Gasteiger partial charge in [0.05, 0.1) is 0 Å². The molecule has 0 aromatic heterocycles. The molecule has 2 nitrogen and oxygen atoms in total. The molecule has 0 heterocycles. The van der Waals surface area contributed by atoms with E-state index < -0.39 is 0 Å². The summed E-state index contributed by atoms with van der Waals surface area (Å²) >= 11 is 0. The van der Waals surface area contributed by atoms with Gasteiger partial charge in [-0.05, 0) is 69.6 Å². The molecule has 4 bridgehead atoms. The van der Waals surface area contributed by atoms with Crippen LogP contribution in [0, 0.1) is 23.2 Å². The van der Waals surface area contributed by atoms with Crippen LogP contribution in [-0.4, -0.2) is 11.6 Å². The van der Waals surface area contributed by atoms with Gasteiger partial charge in [0.2, 0.25) is 0 Å². The number of rotatable bonds is 6. The highest BCUT2D eigenvalue weighted by atomic mass is 16.6. The molecule has 0 N–H and O–H groups in total. The predicted molar refractivity (Wildman–Crippen MR) is 80.2 cm³/mol. The summed E-state index contributed by atoms with van der Waals surface area (Å²) in [5, 5.41) is 0. The Morgan fingerprint density at radius 2 is 2.00 bits per heavy atom. The highest BCUT2D eigenvalue weighted by Crippen LogP contribution is 2.70. The van der Waals surface area contributed by atoms with E-state index in [0.717, 1.165) is 37.0 Å². The first-order chi connectivity index (χ1) is 9.53. The molecule has 4 rings (SSSR count). The van der Waals surface area contributed by atoms with E-state index in [1.807, 2.05) is 0 Å². The van der Waals surface area contributed by atoms with Gasteiger partial charge in [-0.15, -0.1) is 0 Å². The Morgan fingerprint density at radius 3 is 2.55 bits per heavy atom. The molecule has 112 valence electrons. The van der Waals surface area contributed by atoms with Gasteiger partial charge in [-0.2, -0.15) is 0 Å². The Hall–Kier alpha value is -0.790. The fourth-order valence-corrected chi connectivity index (χ4v) is 5.84. The summed E-state index contributed by atoms with van der Waals surface area (Å²) in [4.78, 5) is 11.9. The zero-order valence-corrected chi connectivity index (χ0v) is 13.0. The molecule has 0 radical (unpaired) electrons. The third-order valence-corrected chi connectivity index (χ3v) is 6.54. The lowest BCUT2D eigenvalue weighted by Gasteiger charge is -2.48. The highest BCUT2D eigenvalue weighted by Gasteiger charge is 2.65. The molecular weight excluding hydrogens is 248 g/mol. The summed E-state index contributed by atoms with van der Waals surface area (Å²) in [6, 6.07) is 0. The Kier molecular flexibility index (Phi) is 3.46. The highest BCUT2D eigenvalue weighted by molar-refractivity contribution is 5.81. The molecule has 4 saturated carbocycles. The number of carbonyl (C=O) groups excluding carboxylic acids is 1. The second-order valence-corrected chi connectivity index (χ2v) is 7.66. The number of hydrogen-bond donors (Lipinski definition) is 0. The van der Waals surface area contributed by atoms with E-state index in [9.17, 15) is 4.79 Å². The lowest BCUT2D eigenvalue weighted by atomic mass is 9.63. The van der Waals surface area contributed by atoms with E-state index >= 15 is 0 Å². The second kappa shape index (κ2) is 4.89. The molecule has 20 heavy (non-hydrogen) atoms. The van der Waals surface area contributed by atoms with E-state index in [1.54, 1.807) is 0 Å². The van der Waals surface area contributed by atoms with Gasteiger partial charge in [0.1, 0.15) is 5.60 Å². The van der Waals surface area contributed by atoms with Crippen molar-refractivity contribution in [1.82, 2.24) is 0 Å². The van der Waals surface area contributed by atoms with Crippen molar-refractivity contribution in [3.8, 4) is 0 Å². The van der Waals surface area contributed by atoms with Crippen molar-refractivity contribution in [2.75, 3.05) is 0 Å². The summed E-state index contributed by atoms with van der Waals surface area (Å²) in [7, 11) is 0. The lowest BCUT2D eigenvalue weighted by molar-refractivity contribution is -0.174. The summed E-state index contributed by atoms with van der Waals surface area (Å²) < 4.78 is 5.99. The Balaban J connectivity index is 1.88. The van der Waals surface area contributed by atoms with Gasteiger partial charge in [-0.25, -0.2) is 4.79 Å². The van der Waals surface area contributed by atoms with Gasteiger partial charge in [-0.1, -0.05) is 19.9 Å². The molecular formula is C18H28O2. The molecule has 3 atom stereocenters. The number of carbonyl (C=O) groups is 1. The first kappa shape index (κ1) is 14.2. The van der Waals surface area contributed by atoms with Crippen LogP contribution in [-0.2, 0) is 9.53 Å². The maximum atomic E-state index is 11.9. The first-order valence-corrected chi connectivity index (χ1v) is 8.38. The van der Waals surface area contributed by atoms with Crippen LogP contribution in [0.4, 0.5) is 0 Å². The number of esters is 1. The monoisotopic (exact) mass is 276 g/mol. The quantitative estimate of drug-likeness (QED) is 0.528. The zero-order valence-electron chi connectivity index (χ0n) is 13.0. The van der Waals surface area contributed by atoms with E-state index in [-0.39, 0.29) is 17.0 Å². The maximum absolute atomic E-state index is 11.9. The summed E-state index contributed by atoms with van der Waals surface area (Å²) in [5.41, 5.74) is -0.00269. The van der Waals surface area contributed by atoms with E-state index in [4.69, 9.17) is 4.74 Å². The summed E-state index contributed by atoms with van der Waals surface area (Å²) in [6.07, 6.45) is 11.4. The molecule has 3 unspecified atom stereocenters. The van der Waals surface area contributed by atoms with Crippen molar-refractivity contribution >= 4 is 5.97 Å². The lowest BCUT2D eigenvalue weighted by Crippen LogP contribution is -2.50. The fraction of sp³-hybridized carbons (Fsp3) is 0.833. The van der Waals surface area contributed by atoms with Crippen LogP contribution in [0.2, 0.25) is 0 Å². The van der Waals surface area contributed by atoms with Gasteiger partial charge < -0.3 is 4.74 Å². The second-order valence-electron chi connectivity index (χ2n) is 7.66. The molecule has 4 fully saturated rings. The average molecular weight is 276 g/mol. The summed E-state index contributed by atoms with van der Waals surface area (Å²) in [6.45, 7) is 8.01. The van der Waals surface area contributed by atoms with Gasteiger partial charge in [-0.3, -0.25) is 0 Å². The van der Waals surface area contributed by atoms with Crippen LogP contribution in [0.25, 0.3) is 0 Å². The minimum absolute atomic E-state index is 0.232. The molecule has 0 aromatic carbocycles. The Morgan fingerprint density at radius 1 is 1.35 bits per heavy atom. The molecule has 0 amide bonds. The van der Waals surface area contributed by atoms with Gasteiger partial charge in [0.15, 0.2) is 0 Å². The average Bonchev–Trinajstić information content (AvgIpc) is 2.83. The number of unbranched alkanes of at least 4 members (excludes halogenated alkanes) is 1. The molecule has 0 spiro atoms. The zero-order chi connectivity index (χ0) is 14.4. The van der Waals surface area contributed by atoms with Gasteiger partial charge in [0, 0.05) is 11.5 Å². The minimum Gasteiger partial charge on any atom is -0.456 e. The number of ether oxygens (including phenoxy) is 1.